The standard InChI is InChI=1S/C20H22N6O3/c1-2-29-20(28)26-9-7-16(8-10-26)24-18-13-22-17(12-23-18)19(27)25-15-5-3-14(11-21)4-6-15/h3-6,12-13,16H,2,7-10H2,1H3,(H,23,24)(H,25,27). The maximum Gasteiger partial charge on any atom is 0.409 e. The molecule has 9 nitrogen and oxygen atoms in total. The Kier molecular flexibility index (Phi) is 6.58. The highest BCUT2D eigenvalue weighted by Crippen LogP contribution is 2.16. The molecule has 3 rings (SSSR count). The van der Waals surface area contributed by atoms with Crippen molar-refractivity contribution in [2.75, 3.05) is 30.3 Å². The zero-order valence-electron chi connectivity index (χ0n) is 16.1. The minimum atomic E-state index is -0.378. The predicted molar refractivity (Wildman–Crippen MR) is 106 cm³/mol. The van der Waals surface area contributed by atoms with Crippen LogP contribution in [0.4, 0.5) is 16.3 Å². The van der Waals surface area contributed by atoms with Crippen LogP contribution in [-0.2, 0) is 4.74 Å². The van der Waals surface area contributed by atoms with Gasteiger partial charge in [0.05, 0.1) is 30.6 Å². The van der Waals surface area contributed by atoms with Crippen LogP contribution in [0.5, 0.6) is 0 Å². The number of nitrogens with one attached hydrogen (secondary N) is 2. The number of ether oxygens (including phenoxy) is 1. The van der Waals surface area contributed by atoms with Gasteiger partial charge in [-0.25, -0.2) is 14.8 Å². The second-order valence-corrected chi connectivity index (χ2v) is 6.53. The van der Waals surface area contributed by atoms with E-state index in [0.717, 1.165) is 12.8 Å². The number of piperidine rings is 1. The van der Waals surface area contributed by atoms with Crippen molar-refractivity contribution in [3.63, 3.8) is 0 Å². The predicted octanol–water partition coefficient (Wildman–Crippen LogP) is 2.63. The number of likely N-dealkylation sites (tertiary alicyclic amines) is 1. The van der Waals surface area contributed by atoms with E-state index in [0.29, 0.717) is 36.8 Å². The quantitative estimate of drug-likeness (QED) is 0.800. The molecule has 1 fully saturated rings. The molecule has 9 heteroatoms. The van der Waals surface area contributed by atoms with E-state index in [1.165, 1.54) is 12.4 Å². The van der Waals surface area contributed by atoms with Gasteiger partial charge in [-0.05, 0) is 44.0 Å². The molecule has 1 aromatic carbocycles. The molecule has 1 aliphatic rings. The topological polar surface area (TPSA) is 120 Å². The molecule has 0 radical (unpaired) electrons. The van der Waals surface area contributed by atoms with Crippen LogP contribution in [0.3, 0.4) is 0 Å². The molecule has 2 heterocycles. The molecule has 0 spiro atoms. The number of nitrogens with zero attached hydrogens (tertiary/aromatic N) is 4. The fourth-order valence-electron chi connectivity index (χ4n) is 2.97. The van der Waals surface area contributed by atoms with Crippen LogP contribution in [0.15, 0.2) is 36.7 Å². The average molecular weight is 394 g/mol. The summed E-state index contributed by atoms with van der Waals surface area (Å²) >= 11 is 0. The molecule has 0 aliphatic carbocycles. The van der Waals surface area contributed by atoms with Gasteiger partial charge in [0.2, 0.25) is 0 Å². The monoisotopic (exact) mass is 394 g/mol. The Balaban J connectivity index is 1.50. The molecular formula is C20H22N6O3. The number of hydrogen-bond donors (Lipinski definition) is 2. The summed E-state index contributed by atoms with van der Waals surface area (Å²) in [4.78, 5) is 34.1. The summed E-state index contributed by atoms with van der Waals surface area (Å²) in [5.41, 5.74) is 1.29. The van der Waals surface area contributed by atoms with Crippen LogP contribution < -0.4 is 10.6 Å². The van der Waals surface area contributed by atoms with Crippen LogP contribution in [0.25, 0.3) is 0 Å². The fourth-order valence-corrected chi connectivity index (χ4v) is 2.97. The van der Waals surface area contributed by atoms with Crippen molar-refractivity contribution in [1.29, 1.82) is 5.26 Å². The van der Waals surface area contributed by atoms with E-state index in [1.807, 2.05) is 6.07 Å². The van der Waals surface area contributed by atoms with Crippen molar-refractivity contribution in [2.24, 2.45) is 0 Å². The van der Waals surface area contributed by atoms with Crippen molar-refractivity contribution < 1.29 is 14.3 Å². The van der Waals surface area contributed by atoms with E-state index in [2.05, 4.69) is 20.6 Å². The number of anilines is 2. The molecule has 0 saturated carbocycles. The Hall–Kier alpha value is -3.67. The third kappa shape index (κ3) is 5.42. The molecule has 2 aromatic rings. The van der Waals surface area contributed by atoms with Crippen molar-refractivity contribution in [1.82, 2.24) is 14.9 Å². The van der Waals surface area contributed by atoms with Gasteiger partial charge in [-0.2, -0.15) is 5.26 Å². The molecule has 2 N–H and O–H groups in total. The lowest BCUT2D eigenvalue weighted by atomic mass is 10.1. The van der Waals surface area contributed by atoms with Gasteiger partial charge in [0.25, 0.3) is 5.91 Å². The van der Waals surface area contributed by atoms with E-state index < -0.39 is 0 Å². The first-order valence-corrected chi connectivity index (χ1v) is 9.41. The summed E-state index contributed by atoms with van der Waals surface area (Å²) in [6.07, 6.45) is 4.21. The Morgan fingerprint density at radius 1 is 1.21 bits per heavy atom. The highest BCUT2D eigenvalue weighted by atomic mass is 16.6. The van der Waals surface area contributed by atoms with E-state index in [9.17, 15) is 9.59 Å². The summed E-state index contributed by atoms with van der Waals surface area (Å²) in [7, 11) is 0. The molecule has 0 bridgehead atoms. The van der Waals surface area contributed by atoms with Crippen LogP contribution in [0, 0.1) is 11.3 Å². The van der Waals surface area contributed by atoms with Crippen molar-refractivity contribution in [3.8, 4) is 6.07 Å². The number of carbonyl (C=O) groups is 2. The maximum atomic E-state index is 12.3. The SMILES string of the molecule is CCOC(=O)N1CCC(Nc2cnc(C(=O)Nc3ccc(C#N)cc3)cn2)CC1. The molecular weight excluding hydrogens is 372 g/mol. The van der Waals surface area contributed by atoms with Gasteiger partial charge in [0.15, 0.2) is 0 Å². The molecule has 29 heavy (non-hydrogen) atoms. The Morgan fingerprint density at radius 2 is 1.93 bits per heavy atom. The zero-order chi connectivity index (χ0) is 20.6. The summed E-state index contributed by atoms with van der Waals surface area (Å²) in [5.74, 6) is 0.200. The number of rotatable bonds is 5. The smallest absolute Gasteiger partial charge is 0.409 e. The second kappa shape index (κ2) is 9.50. The summed E-state index contributed by atoms with van der Waals surface area (Å²) < 4.78 is 5.02. The van der Waals surface area contributed by atoms with Gasteiger partial charge in [-0.1, -0.05) is 0 Å². The van der Waals surface area contributed by atoms with Gasteiger partial charge in [0, 0.05) is 24.8 Å². The minimum Gasteiger partial charge on any atom is -0.450 e. The van der Waals surface area contributed by atoms with Crippen LogP contribution >= 0.6 is 0 Å². The summed E-state index contributed by atoms with van der Waals surface area (Å²) in [5, 5.41) is 14.8. The molecule has 2 amide bonds. The molecule has 150 valence electrons. The number of amides is 2. The normalized spacial score (nSPS) is 14.0. The first-order chi connectivity index (χ1) is 14.1. The number of aromatic nitrogens is 2. The largest absolute Gasteiger partial charge is 0.450 e. The molecule has 1 aliphatic heterocycles. The summed E-state index contributed by atoms with van der Waals surface area (Å²) in [6.45, 7) is 3.40. The van der Waals surface area contributed by atoms with Gasteiger partial charge in [-0.15, -0.1) is 0 Å². The minimum absolute atomic E-state index is 0.174. The van der Waals surface area contributed by atoms with Gasteiger partial charge in [-0.3, -0.25) is 4.79 Å². The molecule has 0 atom stereocenters. The zero-order valence-corrected chi connectivity index (χ0v) is 16.1. The van der Waals surface area contributed by atoms with Crippen LogP contribution in [0.1, 0.15) is 35.8 Å². The third-order valence-electron chi connectivity index (χ3n) is 4.53. The van der Waals surface area contributed by atoms with Crippen LogP contribution in [0.2, 0.25) is 0 Å². The highest BCUT2D eigenvalue weighted by molar-refractivity contribution is 6.02. The number of nitriles is 1. The average Bonchev–Trinajstić information content (AvgIpc) is 2.75. The van der Waals surface area contributed by atoms with Gasteiger partial charge >= 0.3 is 6.09 Å². The van der Waals surface area contributed by atoms with Gasteiger partial charge in [0.1, 0.15) is 11.5 Å². The van der Waals surface area contributed by atoms with E-state index in [1.54, 1.807) is 36.1 Å². The van der Waals surface area contributed by atoms with Crippen molar-refractivity contribution in [3.05, 3.63) is 47.9 Å². The van der Waals surface area contributed by atoms with Crippen LogP contribution in [-0.4, -0.2) is 52.6 Å². The lowest BCUT2D eigenvalue weighted by Gasteiger charge is -2.31. The first kappa shape index (κ1) is 20.1. The summed E-state index contributed by atoms with van der Waals surface area (Å²) in [6, 6.07) is 8.76. The second-order valence-electron chi connectivity index (χ2n) is 6.53. The number of benzene rings is 1. The molecule has 1 saturated heterocycles. The fraction of sp³-hybridized carbons (Fsp3) is 0.350. The Labute approximate surface area is 168 Å². The Morgan fingerprint density at radius 3 is 2.52 bits per heavy atom. The van der Waals surface area contributed by atoms with Gasteiger partial charge < -0.3 is 20.3 Å². The highest BCUT2D eigenvalue weighted by Gasteiger charge is 2.23. The lowest BCUT2D eigenvalue weighted by Crippen LogP contribution is -2.42. The molecule has 0 unspecified atom stereocenters. The first-order valence-electron chi connectivity index (χ1n) is 9.41. The molecule has 1 aromatic heterocycles. The Bertz CT molecular complexity index is 884. The third-order valence-corrected chi connectivity index (χ3v) is 4.53. The number of hydrogen-bond acceptors (Lipinski definition) is 7. The maximum absolute atomic E-state index is 12.3. The van der Waals surface area contributed by atoms with Crippen molar-refractivity contribution in [2.45, 2.75) is 25.8 Å². The van der Waals surface area contributed by atoms with E-state index in [4.69, 9.17) is 10.00 Å². The lowest BCUT2D eigenvalue weighted by molar-refractivity contribution is 0.0982. The van der Waals surface area contributed by atoms with E-state index in [-0.39, 0.29) is 23.7 Å². The number of carbonyl (C=O) groups excluding carboxylic acids is 2. The van der Waals surface area contributed by atoms with E-state index >= 15 is 0 Å². The van der Waals surface area contributed by atoms with Crippen molar-refractivity contribution >= 4 is 23.5 Å².